The maximum Gasteiger partial charge on any atom is 0.153 e. The van der Waals surface area contributed by atoms with Gasteiger partial charge in [-0.2, -0.15) is 5.10 Å². The van der Waals surface area contributed by atoms with Gasteiger partial charge >= 0.3 is 0 Å². The smallest absolute Gasteiger partial charge is 0.153 e. The predicted octanol–water partition coefficient (Wildman–Crippen LogP) is 0.819. The fourth-order valence-corrected chi connectivity index (χ4v) is 1.82. The maximum atomic E-state index is 5.33. The molecule has 0 N–H and O–H groups in total. The lowest BCUT2D eigenvalue weighted by atomic mass is 10.2. The number of rotatable bonds is 2. The van der Waals surface area contributed by atoms with E-state index in [-0.39, 0.29) is 0 Å². The molecule has 1 aromatic rings. The van der Waals surface area contributed by atoms with Gasteiger partial charge in [-0.05, 0) is 6.42 Å². The van der Waals surface area contributed by atoms with Gasteiger partial charge in [-0.25, -0.2) is 0 Å². The molecule has 0 unspecified atom stereocenters. The van der Waals surface area contributed by atoms with Crippen LogP contribution in [0, 0.1) is 0 Å². The highest BCUT2D eigenvalue weighted by Crippen LogP contribution is 2.19. The van der Waals surface area contributed by atoms with E-state index in [1.54, 1.807) is 0 Å². The van der Waals surface area contributed by atoms with Crippen LogP contribution in [-0.2, 0) is 18.2 Å². The van der Waals surface area contributed by atoms with Crippen molar-refractivity contribution in [3.05, 3.63) is 11.8 Å². The van der Waals surface area contributed by atoms with Gasteiger partial charge in [0, 0.05) is 31.9 Å². The van der Waals surface area contributed by atoms with E-state index in [1.807, 2.05) is 11.7 Å². The van der Waals surface area contributed by atoms with E-state index in [0.717, 1.165) is 38.5 Å². The minimum atomic E-state index is 0.819. The third-order valence-electron chi connectivity index (χ3n) is 2.57. The monoisotopic (exact) mass is 195 g/mol. The van der Waals surface area contributed by atoms with Gasteiger partial charge in [-0.1, -0.05) is 6.92 Å². The normalized spacial score (nSPS) is 17.4. The van der Waals surface area contributed by atoms with Crippen molar-refractivity contribution in [1.29, 1.82) is 0 Å². The van der Waals surface area contributed by atoms with Crippen molar-refractivity contribution in [3.8, 4) is 0 Å². The summed E-state index contributed by atoms with van der Waals surface area (Å²) in [5.41, 5.74) is 1.33. The Labute approximate surface area is 84.5 Å². The van der Waals surface area contributed by atoms with Crippen LogP contribution in [0.15, 0.2) is 6.20 Å². The lowest BCUT2D eigenvalue weighted by Crippen LogP contribution is -2.37. The number of hydrogen-bond donors (Lipinski definition) is 0. The van der Waals surface area contributed by atoms with Gasteiger partial charge in [0.05, 0.1) is 13.2 Å². The zero-order valence-electron chi connectivity index (χ0n) is 8.86. The third-order valence-corrected chi connectivity index (χ3v) is 2.57. The van der Waals surface area contributed by atoms with E-state index in [9.17, 15) is 0 Å². The first kappa shape index (κ1) is 9.52. The molecule has 2 rings (SSSR count). The molecule has 0 spiro atoms. The summed E-state index contributed by atoms with van der Waals surface area (Å²) in [5, 5.41) is 4.49. The van der Waals surface area contributed by atoms with Crippen LogP contribution in [0.25, 0.3) is 0 Å². The highest BCUT2D eigenvalue weighted by Gasteiger charge is 2.16. The summed E-state index contributed by atoms with van der Waals surface area (Å²) >= 11 is 0. The number of morpholine rings is 1. The molecule has 1 aromatic heterocycles. The standard InChI is InChI=1S/C10H17N3O/c1-3-9-8-12(2)11-10(9)13-4-6-14-7-5-13/h8H,3-7H2,1-2H3. The SMILES string of the molecule is CCc1cn(C)nc1N1CCOCC1. The van der Waals surface area contributed by atoms with Crippen molar-refractivity contribution in [2.24, 2.45) is 7.05 Å². The van der Waals surface area contributed by atoms with Gasteiger partial charge < -0.3 is 9.64 Å². The van der Waals surface area contributed by atoms with Gasteiger partial charge in [0.2, 0.25) is 0 Å². The van der Waals surface area contributed by atoms with Crippen molar-refractivity contribution < 1.29 is 4.74 Å². The van der Waals surface area contributed by atoms with Gasteiger partial charge in [0.15, 0.2) is 5.82 Å². The van der Waals surface area contributed by atoms with E-state index in [1.165, 1.54) is 5.56 Å². The topological polar surface area (TPSA) is 30.3 Å². The second-order valence-electron chi connectivity index (χ2n) is 3.60. The number of nitrogens with zero attached hydrogens (tertiary/aromatic N) is 3. The molecule has 0 bridgehead atoms. The summed E-state index contributed by atoms with van der Waals surface area (Å²) < 4.78 is 7.22. The second kappa shape index (κ2) is 4.00. The molecule has 0 aromatic carbocycles. The van der Waals surface area contributed by atoms with Crippen molar-refractivity contribution >= 4 is 5.82 Å². The summed E-state index contributed by atoms with van der Waals surface area (Å²) in [6.45, 7) is 5.73. The van der Waals surface area contributed by atoms with E-state index >= 15 is 0 Å². The molecule has 78 valence electrons. The first-order chi connectivity index (χ1) is 6.81. The van der Waals surface area contributed by atoms with Crippen LogP contribution in [0.3, 0.4) is 0 Å². The van der Waals surface area contributed by atoms with Crippen LogP contribution < -0.4 is 4.90 Å². The van der Waals surface area contributed by atoms with Crippen molar-refractivity contribution in [2.75, 3.05) is 31.2 Å². The molecular weight excluding hydrogens is 178 g/mol. The zero-order valence-corrected chi connectivity index (χ0v) is 8.86. The maximum absolute atomic E-state index is 5.33. The number of aryl methyl sites for hydroxylation is 2. The Morgan fingerprint density at radius 3 is 2.79 bits per heavy atom. The van der Waals surface area contributed by atoms with Crippen LogP contribution in [0.2, 0.25) is 0 Å². The molecule has 1 aliphatic heterocycles. The highest BCUT2D eigenvalue weighted by atomic mass is 16.5. The molecule has 0 atom stereocenters. The van der Waals surface area contributed by atoms with Gasteiger partial charge in [0.25, 0.3) is 0 Å². The molecule has 1 fully saturated rings. The quantitative estimate of drug-likeness (QED) is 0.700. The van der Waals surface area contributed by atoms with E-state index in [2.05, 4.69) is 23.1 Å². The second-order valence-corrected chi connectivity index (χ2v) is 3.60. The zero-order chi connectivity index (χ0) is 9.97. The molecular formula is C10H17N3O. The molecule has 1 aliphatic rings. The van der Waals surface area contributed by atoms with Gasteiger partial charge in [-0.15, -0.1) is 0 Å². The van der Waals surface area contributed by atoms with Crippen LogP contribution in [0.4, 0.5) is 5.82 Å². The molecule has 0 radical (unpaired) electrons. The van der Waals surface area contributed by atoms with Gasteiger partial charge in [-0.3, -0.25) is 4.68 Å². The van der Waals surface area contributed by atoms with Crippen molar-refractivity contribution in [1.82, 2.24) is 9.78 Å². The Kier molecular flexibility index (Phi) is 2.72. The number of hydrogen-bond acceptors (Lipinski definition) is 3. The molecule has 1 saturated heterocycles. The van der Waals surface area contributed by atoms with Crippen LogP contribution >= 0.6 is 0 Å². The Hall–Kier alpha value is -1.03. The van der Waals surface area contributed by atoms with Crippen LogP contribution in [0.5, 0.6) is 0 Å². The highest BCUT2D eigenvalue weighted by molar-refractivity contribution is 5.46. The average molecular weight is 195 g/mol. The Morgan fingerprint density at radius 1 is 1.43 bits per heavy atom. The Morgan fingerprint density at radius 2 is 2.14 bits per heavy atom. The summed E-state index contributed by atoms with van der Waals surface area (Å²) in [5.74, 6) is 1.14. The summed E-state index contributed by atoms with van der Waals surface area (Å²) in [6, 6.07) is 0. The minimum Gasteiger partial charge on any atom is -0.378 e. The molecule has 0 aliphatic carbocycles. The molecule has 14 heavy (non-hydrogen) atoms. The first-order valence-corrected chi connectivity index (χ1v) is 5.16. The van der Waals surface area contributed by atoms with E-state index in [0.29, 0.717) is 0 Å². The lowest BCUT2D eigenvalue weighted by Gasteiger charge is -2.27. The fraction of sp³-hybridized carbons (Fsp3) is 0.700. The number of anilines is 1. The Balaban J connectivity index is 2.20. The number of ether oxygens (including phenoxy) is 1. The molecule has 0 amide bonds. The van der Waals surface area contributed by atoms with Crippen molar-refractivity contribution in [2.45, 2.75) is 13.3 Å². The summed E-state index contributed by atoms with van der Waals surface area (Å²) in [7, 11) is 1.98. The van der Waals surface area contributed by atoms with E-state index < -0.39 is 0 Å². The lowest BCUT2D eigenvalue weighted by molar-refractivity contribution is 0.122. The largest absolute Gasteiger partial charge is 0.378 e. The van der Waals surface area contributed by atoms with Crippen LogP contribution in [-0.4, -0.2) is 36.1 Å². The number of aromatic nitrogens is 2. The van der Waals surface area contributed by atoms with E-state index in [4.69, 9.17) is 4.74 Å². The predicted molar refractivity (Wildman–Crippen MR) is 55.6 cm³/mol. The molecule has 2 heterocycles. The average Bonchev–Trinajstić information content (AvgIpc) is 2.61. The first-order valence-electron chi connectivity index (χ1n) is 5.16. The Bertz CT molecular complexity index is 302. The minimum absolute atomic E-state index is 0.819. The molecule has 4 heteroatoms. The van der Waals surface area contributed by atoms with Crippen molar-refractivity contribution in [3.63, 3.8) is 0 Å². The van der Waals surface area contributed by atoms with Gasteiger partial charge in [0.1, 0.15) is 0 Å². The molecule has 0 saturated carbocycles. The summed E-state index contributed by atoms with van der Waals surface area (Å²) in [6.07, 6.45) is 3.14. The fourth-order valence-electron chi connectivity index (χ4n) is 1.82. The third kappa shape index (κ3) is 1.75. The summed E-state index contributed by atoms with van der Waals surface area (Å²) in [4.78, 5) is 2.31. The molecule has 4 nitrogen and oxygen atoms in total. The van der Waals surface area contributed by atoms with Crippen LogP contribution in [0.1, 0.15) is 12.5 Å².